The third kappa shape index (κ3) is 20.1. The Hall–Kier alpha value is -0.200. The molecule has 10 aliphatic carbocycles. The Morgan fingerprint density at radius 2 is 0.791 bits per heavy atom. The summed E-state index contributed by atoms with van der Waals surface area (Å²) in [5.41, 5.74) is 0.773. The maximum Gasteiger partial charge on any atom is 0.136 e. The number of ketones is 1. The van der Waals surface area contributed by atoms with Crippen molar-refractivity contribution in [3.63, 3.8) is 0 Å². The minimum atomic E-state index is -2.56. The molecule has 10 aliphatic rings. The van der Waals surface area contributed by atoms with Gasteiger partial charge in [0.2, 0.25) is 0 Å². The SMILES string of the molecule is C[C@H](CI)[C@H]1CC[C@H]2[C@@H](C)CCC[C@]12C.[2H]C([2H])([2H])C(=CCC[C@@H](C)[C@H]1CC[C@H]2[C@@H](C)CCC[C@]12C)C([2H])([2H])[2H].[2H]C([2H])([2H])C(=CCC[C@@H](C)[C@H]1CC[C@H]2[C@@H](O)CCC[C@]12C)C([2H])([2H])[2H].[2H]C([2H])([2H])C(CCC[C@@H](C)[C@H]1CC[C@H]2C(=O)CCC[C@]12C)C([2H])([2H])[2H].[2H]C([2H])([2H])C(CCC[C@@H](C)[C@H]1CC[C@H]2[C@@H](O)CCC[C@]12C)C([2H])([2H])[2H]. The second kappa shape index (κ2) is 36.2. The van der Waals surface area contributed by atoms with E-state index >= 15 is 0 Å². The molecule has 0 aliphatic heterocycles. The first kappa shape index (κ1) is 51.0. The van der Waals surface area contributed by atoms with Crippen LogP contribution in [0.4, 0.5) is 0 Å². The van der Waals surface area contributed by atoms with Crippen molar-refractivity contribution in [2.75, 3.05) is 4.43 Å². The van der Waals surface area contributed by atoms with E-state index in [0.29, 0.717) is 101 Å². The van der Waals surface area contributed by atoms with Gasteiger partial charge >= 0.3 is 0 Å². The zero-order chi connectivity index (χ0) is 87.2. The summed E-state index contributed by atoms with van der Waals surface area (Å²) in [5.74, 6) is 8.53. The molecule has 24 atom stereocenters. The number of carbonyl (C=O) groups is 1. The molecule has 0 aromatic rings. The van der Waals surface area contributed by atoms with Crippen molar-refractivity contribution < 1.29 is 47.9 Å². The normalized spacial score (nSPS) is 45.5. The van der Waals surface area contributed by atoms with Gasteiger partial charge in [-0.05, 0) is 302 Å². The number of aliphatic hydroxyl groups excluding tert-OH is 2. The summed E-state index contributed by atoms with van der Waals surface area (Å²) in [6.07, 6.45) is 38.2. The third-order valence-corrected chi connectivity index (χ3v) is 30.7. The lowest BCUT2D eigenvalue weighted by atomic mass is 9.59. The van der Waals surface area contributed by atoms with Crippen molar-refractivity contribution in [2.45, 2.75) is 375 Å². The molecular formula is C87H157IO3. The van der Waals surface area contributed by atoms with Crippen LogP contribution in [0.15, 0.2) is 23.3 Å². The van der Waals surface area contributed by atoms with Crippen LogP contribution in [0, 0.1) is 140 Å². The first-order valence-electron chi connectivity index (χ1n) is 50.4. The molecule has 2 N–H and O–H groups in total. The molecule has 0 amide bonds. The van der Waals surface area contributed by atoms with Crippen molar-refractivity contribution in [1.82, 2.24) is 0 Å². The largest absolute Gasteiger partial charge is 0.393 e. The molecule has 530 valence electrons. The summed E-state index contributed by atoms with van der Waals surface area (Å²) in [5, 5.41) is 20.7. The number of fused-ring (bicyclic) bond motifs is 5. The van der Waals surface area contributed by atoms with Crippen molar-refractivity contribution in [3.8, 4) is 0 Å². The molecule has 91 heavy (non-hydrogen) atoms. The van der Waals surface area contributed by atoms with Crippen LogP contribution in [0.25, 0.3) is 0 Å². The lowest BCUT2D eigenvalue weighted by Crippen LogP contribution is -2.41. The van der Waals surface area contributed by atoms with Crippen LogP contribution in [-0.2, 0) is 4.79 Å². The number of hydrogen-bond acceptors (Lipinski definition) is 3. The zero-order valence-corrected chi connectivity index (χ0v) is 62.6. The molecule has 10 saturated carbocycles. The lowest BCUT2D eigenvalue weighted by molar-refractivity contribution is -0.130. The molecule has 0 saturated heterocycles. The van der Waals surface area contributed by atoms with E-state index in [9.17, 15) is 15.0 Å². The highest BCUT2D eigenvalue weighted by molar-refractivity contribution is 14.1. The molecule has 0 aromatic carbocycles. The molecule has 0 radical (unpaired) electrons. The van der Waals surface area contributed by atoms with Crippen molar-refractivity contribution >= 4 is 28.4 Å². The van der Waals surface area contributed by atoms with Crippen molar-refractivity contribution in [2.24, 2.45) is 140 Å². The Kier molecular flexibility index (Phi) is 20.3. The number of aliphatic hydroxyl groups is 2. The molecular weight excluding hydrogens is 1220 g/mol. The summed E-state index contributed by atoms with van der Waals surface area (Å²) < 4.78 is 181. The summed E-state index contributed by atoms with van der Waals surface area (Å²) in [4.78, 5) is 12.2. The lowest BCUT2D eigenvalue weighted by Gasteiger charge is -2.46. The Morgan fingerprint density at radius 1 is 0.451 bits per heavy atom. The summed E-state index contributed by atoms with van der Waals surface area (Å²) in [6.45, 7) is 8.31. The maximum absolute atomic E-state index is 12.2. The number of rotatable bonds is 20. The monoisotopic (exact) mass is 1400 g/mol. The van der Waals surface area contributed by atoms with Gasteiger partial charge in [0.25, 0.3) is 0 Å². The minimum absolute atomic E-state index is 0.0855. The molecule has 4 heteroatoms. The average Bonchev–Trinajstić information content (AvgIpc) is 1.64. The van der Waals surface area contributed by atoms with E-state index in [4.69, 9.17) is 32.9 Å². The molecule has 0 bridgehead atoms. The van der Waals surface area contributed by atoms with Crippen LogP contribution < -0.4 is 0 Å². The van der Waals surface area contributed by atoms with E-state index in [2.05, 4.69) is 106 Å². The highest BCUT2D eigenvalue weighted by atomic mass is 127. The third-order valence-electron chi connectivity index (χ3n) is 29.3. The van der Waals surface area contributed by atoms with Gasteiger partial charge < -0.3 is 10.2 Å². The van der Waals surface area contributed by atoms with Gasteiger partial charge in [-0.1, -0.05) is 233 Å². The predicted molar refractivity (Wildman–Crippen MR) is 406 cm³/mol. The number of alkyl halides is 1. The average molecular weight is 1400 g/mol. The number of allylic oxidation sites excluding steroid dienone is 4. The van der Waals surface area contributed by atoms with Crippen LogP contribution >= 0.6 is 22.6 Å². The Balaban J connectivity index is 0.000000226. The van der Waals surface area contributed by atoms with Gasteiger partial charge in [-0.2, -0.15) is 0 Å². The molecule has 0 heterocycles. The van der Waals surface area contributed by atoms with Crippen LogP contribution in [-0.4, -0.2) is 32.6 Å². The summed E-state index contributed by atoms with van der Waals surface area (Å²) in [6, 6.07) is 0. The summed E-state index contributed by atoms with van der Waals surface area (Å²) >= 11 is 2.58. The Bertz CT molecular complexity index is 2910. The molecule has 10 rings (SSSR count). The highest BCUT2D eigenvalue weighted by Gasteiger charge is 2.56. The second-order valence-electron chi connectivity index (χ2n) is 34.8. The molecule has 10 fully saturated rings. The van der Waals surface area contributed by atoms with Crippen molar-refractivity contribution in [1.29, 1.82) is 0 Å². The summed E-state index contributed by atoms with van der Waals surface area (Å²) in [7, 11) is 0. The van der Waals surface area contributed by atoms with E-state index < -0.39 is 72.2 Å². The fourth-order valence-electron chi connectivity index (χ4n) is 24.4. The molecule has 3 nitrogen and oxygen atoms in total. The van der Waals surface area contributed by atoms with Gasteiger partial charge in [0, 0.05) is 49.7 Å². The highest BCUT2D eigenvalue weighted by Crippen LogP contribution is 2.63. The van der Waals surface area contributed by atoms with Crippen LogP contribution in [0.2, 0.25) is 0 Å². The number of hydrogen-bond donors (Lipinski definition) is 2. The zero-order valence-electron chi connectivity index (χ0n) is 84.4. The van der Waals surface area contributed by atoms with Crippen LogP contribution in [0.5, 0.6) is 0 Å². The van der Waals surface area contributed by atoms with E-state index in [1.54, 1.807) is 0 Å². The van der Waals surface area contributed by atoms with Gasteiger partial charge in [0.15, 0.2) is 0 Å². The molecule has 0 aromatic heterocycles. The Labute approximate surface area is 615 Å². The first-order valence-corrected chi connectivity index (χ1v) is 40.0. The smallest absolute Gasteiger partial charge is 0.136 e. The maximum atomic E-state index is 12.2. The van der Waals surface area contributed by atoms with Crippen LogP contribution in [0.1, 0.15) is 396 Å². The van der Waals surface area contributed by atoms with E-state index in [1.807, 2.05) is 0 Å². The number of halogens is 1. The minimum Gasteiger partial charge on any atom is -0.393 e. The van der Waals surface area contributed by atoms with Crippen LogP contribution in [0.3, 0.4) is 0 Å². The van der Waals surface area contributed by atoms with E-state index in [-0.39, 0.29) is 52.8 Å². The standard InChI is InChI=1S/C19H34.C18H34O.2C18H32O.C14H25I/c1-14(2)8-6-9-15(3)17-11-12-18-16(4)10-7-13-19(17,18)5;3*1-13(2)7-5-8-14(3)15-10-11-16-17(19)9-6-12-18(15,16)4;1-10-5-4-8-14(3)12(10)6-7-13(14)11(2)9-15/h8,15-18H,6-7,9-13H2,1-5H3;13-17,19H,5-12H2,1-4H3;13-16H,5-12H2,1-4H3;7,14-17,19H,5-6,8-12H2,1-4H3;10-13H,4-9H2,1-3H3/t15-,16+,17-,18+,19-;14-,15-,16+,17+,18-;14-,15-,16+,18-;14-,15-,16+,17+,18-;10-,11+,12-,13+,14-/m11110/s1/i4*1D3,2D3;. The van der Waals surface area contributed by atoms with Gasteiger partial charge in [0.05, 0.1) is 12.2 Å². The Morgan fingerprint density at radius 3 is 1.19 bits per heavy atom. The van der Waals surface area contributed by atoms with Gasteiger partial charge in [-0.25, -0.2) is 0 Å². The fourth-order valence-corrected chi connectivity index (χ4v) is 25.0. The first-order chi connectivity index (χ1) is 52.6. The van der Waals surface area contributed by atoms with E-state index in [0.717, 1.165) is 158 Å². The van der Waals surface area contributed by atoms with E-state index in [1.165, 1.54) is 80.8 Å². The van der Waals surface area contributed by atoms with Gasteiger partial charge in [-0.3, -0.25) is 4.79 Å². The quantitative estimate of drug-likeness (QED) is 0.0726. The predicted octanol–water partition coefficient (Wildman–Crippen LogP) is 26.3. The second-order valence-corrected chi connectivity index (χ2v) is 35.7. The number of carbonyl (C=O) groups excluding carboxylic acids is 1. The van der Waals surface area contributed by atoms with Gasteiger partial charge in [0.1, 0.15) is 5.78 Å². The fraction of sp³-hybridized carbons (Fsp3) is 0.943. The topological polar surface area (TPSA) is 57.5 Å². The molecule has 0 spiro atoms. The number of Topliss-reactive ketones (excluding diaryl/α,β-unsaturated/α-hetero) is 1. The molecule has 0 unspecified atom stereocenters. The van der Waals surface area contributed by atoms with Crippen molar-refractivity contribution in [3.05, 3.63) is 23.3 Å². The van der Waals surface area contributed by atoms with Gasteiger partial charge in [-0.15, -0.1) is 0 Å².